The van der Waals surface area contributed by atoms with Crippen LogP contribution in [0.2, 0.25) is 0 Å². The van der Waals surface area contributed by atoms with Gasteiger partial charge in [0, 0.05) is 53.7 Å². The zero-order valence-electron chi connectivity index (χ0n) is 33.7. The van der Waals surface area contributed by atoms with Crippen LogP contribution in [-0.4, -0.2) is 19.5 Å². The van der Waals surface area contributed by atoms with Gasteiger partial charge in [-0.3, -0.25) is 0 Å². The molecular formula is C57H34N4OS. The number of aromatic nitrogens is 4. The van der Waals surface area contributed by atoms with Crippen molar-refractivity contribution in [2.45, 2.75) is 0 Å². The van der Waals surface area contributed by atoms with Crippen molar-refractivity contribution < 1.29 is 4.42 Å². The zero-order chi connectivity index (χ0) is 41.4. The fraction of sp³-hybridized carbons (Fsp3) is 0. The summed E-state index contributed by atoms with van der Waals surface area (Å²) in [6.07, 6.45) is 0. The summed E-state index contributed by atoms with van der Waals surface area (Å²) in [5.74, 6) is 1.82. The van der Waals surface area contributed by atoms with E-state index in [0.29, 0.717) is 17.5 Å². The lowest BCUT2D eigenvalue weighted by Crippen LogP contribution is -2.00. The molecule has 0 aliphatic rings. The molecule has 0 fully saturated rings. The molecule has 63 heavy (non-hydrogen) atoms. The third kappa shape index (κ3) is 5.73. The minimum Gasteiger partial charge on any atom is -0.456 e. The van der Waals surface area contributed by atoms with Crippen LogP contribution in [0.3, 0.4) is 0 Å². The minimum absolute atomic E-state index is 0.591. The van der Waals surface area contributed by atoms with Gasteiger partial charge in [-0.05, 0) is 64.7 Å². The highest BCUT2D eigenvalue weighted by molar-refractivity contribution is 7.26. The van der Waals surface area contributed by atoms with Gasteiger partial charge >= 0.3 is 0 Å². The fourth-order valence-electron chi connectivity index (χ4n) is 9.40. The first-order valence-electron chi connectivity index (χ1n) is 21.1. The summed E-state index contributed by atoms with van der Waals surface area (Å²) in [5.41, 5.74) is 12.5. The summed E-state index contributed by atoms with van der Waals surface area (Å²) >= 11 is 1.86. The van der Waals surface area contributed by atoms with Crippen LogP contribution in [0, 0.1) is 0 Å². The first kappa shape index (κ1) is 35.6. The van der Waals surface area contributed by atoms with Crippen LogP contribution in [0.25, 0.3) is 126 Å². The summed E-state index contributed by atoms with van der Waals surface area (Å²) in [4.78, 5) is 15.4. The molecule has 0 N–H and O–H groups in total. The van der Waals surface area contributed by atoms with Crippen molar-refractivity contribution in [3.8, 4) is 62.1 Å². The predicted octanol–water partition coefficient (Wildman–Crippen LogP) is 15.6. The largest absolute Gasteiger partial charge is 0.456 e. The van der Waals surface area contributed by atoms with Crippen molar-refractivity contribution in [3.63, 3.8) is 0 Å². The molecule has 294 valence electrons. The van der Waals surface area contributed by atoms with E-state index in [1.165, 1.54) is 53.2 Å². The average Bonchev–Trinajstić information content (AvgIpc) is 4.04. The number of hydrogen-bond donors (Lipinski definition) is 0. The summed E-state index contributed by atoms with van der Waals surface area (Å²) in [5, 5.41) is 6.99. The molecule has 13 aromatic rings. The molecule has 4 heterocycles. The Hall–Kier alpha value is -8.19. The normalized spacial score (nSPS) is 11.8. The monoisotopic (exact) mass is 822 g/mol. The van der Waals surface area contributed by atoms with E-state index in [1.807, 2.05) is 59.9 Å². The van der Waals surface area contributed by atoms with E-state index in [2.05, 4.69) is 162 Å². The van der Waals surface area contributed by atoms with Gasteiger partial charge in [0.15, 0.2) is 17.5 Å². The molecule has 0 amide bonds. The molecule has 0 saturated heterocycles. The maximum absolute atomic E-state index is 6.59. The maximum Gasteiger partial charge on any atom is 0.164 e. The van der Waals surface area contributed by atoms with Gasteiger partial charge in [-0.25, -0.2) is 15.0 Å². The van der Waals surface area contributed by atoms with Crippen molar-refractivity contribution >= 4 is 75.3 Å². The number of hydrogen-bond acceptors (Lipinski definition) is 5. The number of benzene rings is 9. The average molecular weight is 823 g/mol. The predicted molar refractivity (Wildman–Crippen MR) is 262 cm³/mol. The zero-order valence-corrected chi connectivity index (χ0v) is 34.6. The fourth-order valence-corrected chi connectivity index (χ4v) is 10.6. The lowest BCUT2D eigenvalue weighted by atomic mass is 9.97. The van der Waals surface area contributed by atoms with Crippen molar-refractivity contribution in [2.24, 2.45) is 0 Å². The van der Waals surface area contributed by atoms with E-state index in [-0.39, 0.29) is 0 Å². The number of furan rings is 1. The molecule has 0 aliphatic heterocycles. The highest BCUT2D eigenvalue weighted by Gasteiger charge is 2.21. The van der Waals surface area contributed by atoms with Crippen LogP contribution < -0.4 is 0 Å². The Morgan fingerprint density at radius 1 is 0.365 bits per heavy atom. The number of thiophene rings is 1. The number of fused-ring (bicyclic) bond motifs is 9. The van der Waals surface area contributed by atoms with Gasteiger partial charge in [0.2, 0.25) is 0 Å². The Morgan fingerprint density at radius 2 is 0.921 bits per heavy atom. The first-order chi connectivity index (χ1) is 31.2. The van der Waals surface area contributed by atoms with Crippen LogP contribution in [-0.2, 0) is 0 Å². The molecule has 4 aromatic heterocycles. The SMILES string of the molecule is c1ccc(-c2ccc(-c3nc(-c4ccccc4)nc(-c4cccc5oc6ccc(-c7cccc8sc9c(-n%10c%11ccccc%11c%11ccccc%11%10)cccc9c78)cc6c45)n3)cc2)cc1. The molecule has 0 aliphatic carbocycles. The molecule has 5 nitrogen and oxygen atoms in total. The van der Waals surface area contributed by atoms with Crippen LogP contribution in [0.15, 0.2) is 211 Å². The van der Waals surface area contributed by atoms with Crippen LogP contribution in [0.1, 0.15) is 0 Å². The molecule has 0 saturated carbocycles. The molecule has 6 heteroatoms. The lowest BCUT2D eigenvalue weighted by Gasteiger charge is -2.10. The Bertz CT molecular complexity index is 3850. The molecule has 0 spiro atoms. The topological polar surface area (TPSA) is 56.7 Å². The van der Waals surface area contributed by atoms with Crippen LogP contribution in [0.4, 0.5) is 0 Å². The van der Waals surface area contributed by atoms with E-state index in [4.69, 9.17) is 19.4 Å². The highest BCUT2D eigenvalue weighted by Crippen LogP contribution is 2.45. The molecule has 0 atom stereocenters. The Kier molecular flexibility index (Phi) is 8.01. The molecular weight excluding hydrogens is 789 g/mol. The highest BCUT2D eigenvalue weighted by atomic mass is 32.1. The van der Waals surface area contributed by atoms with Gasteiger partial charge in [-0.2, -0.15) is 0 Å². The van der Waals surface area contributed by atoms with Crippen molar-refractivity contribution in [1.29, 1.82) is 0 Å². The summed E-state index contributed by atoms with van der Waals surface area (Å²) in [6, 6.07) is 72.6. The number of nitrogens with zero attached hydrogens (tertiary/aromatic N) is 4. The standard InChI is InChI=1S/C57H34N4OS/c1-3-14-35(15-4-1)36-28-30-38(31-29-36)56-58-55(37-16-5-2-6-17-37)59-57(60-56)44-22-12-26-50-52(44)45-34-39(32-33-49(45)62-50)40-20-13-27-51-53(40)43-21-11-25-48(54(43)63-51)61-46-23-9-7-18-41(46)42-19-8-10-24-47(42)61/h1-34H. The molecule has 9 aromatic carbocycles. The van der Waals surface area contributed by atoms with Gasteiger partial charge in [0.1, 0.15) is 11.2 Å². The number of para-hydroxylation sites is 2. The molecule has 0 radical (unpaired) electrons. The van der Waals surface area contributed by atoms with E-state index in [1.54, 1.807) is 0 Å². The molecule has 13 rings (SSSR count). The summed E-state index contributed by atoms with van der Waals surface area (Å²) < 4.78 is 11.5. The number of rotatable bonds is 6. The lowest BCUT2D eigenvalue weighted by molar-refractivity contribution is 0.669. The maximum atomic E-state index is 6.59. The second kappa shape index (κ2) is 14.2. The van der Waals surface area contributed by atoms with Crippen LogP contribution in [0.5, 0.6) is 0 Å². The van der Waals surface area contributed by atoms with Crippen molar-refractivity contribution in [3.05, 3.63) is 206 Å². The third-order valence-corrected chi connectivity index (χ3v) is 13.5. The van der Waals surface area contributed by atoms with Crippen molar-refractivity contribution in [1.82, 2.24) is 19.5 Å². The van der Waals surface area contributed by atoms with Crippen molar-refractivity contribution in [2.75, 3.05) is 0 Å². The molecule has 0 unspecified atom stereocenters. The van der Waals surface area contributed by atoms with Crippen LogP contribution >= 0.6 is 11.3 Å². The van der Waals surface area contributed by atoms with E-state index < -0.39 is 0 Å². The Labute approximate surface area is 365 Å². The van der Waals surface area contributed by atoms with Gasteiger partial charge in [-0.15, -0.1) is 11.3 Å². The second-order valence-electron chi connectivity index (χ2n) is 15.9. The Balaban J connectivity index is 0.980. The van der Waals surface area contributed by atoms with Gasteiger partial charge in [0.25, 0.3) is 0 Å². The van der Waals surface area contributed by atoms with Gasteiger partial charge in [0.05, 0.1) is 21.4 Å². The van der Waals surface area contributed by atoms with E-state index in [0.717, 1.165) is 55.3 Å². The second-order valence-corrected chi connectivity index (χ2v) is 17.0. The quantitative estimate of drug-likeness (QED) is 0.168. The Morgan fingerprint density at radius 3 is 1.67 bits per heavy atom. The summed E-state index contributed by atoms with van der Waals surface area (Å²) in [7, 11) is 0. The smallest absolute Gasteiger partial charge is 0.164 e. The van der Waals surface area contributed by atoms with E-state index in [9.17, 15) is 0 Å². The minimum atomic E-state index is 0.591. The third-order valence-electron chi connectivity index (χ3n) is 12.3. The van der Waals surface area contributed by atoms with Gasteiger partial charge < -0.3 is 8.98 Å². The first-order valence-corrected chi connectivity index (χ1v) is 21.9. The van der Waals surface area contributed by atoms with E-state index >= 15 is 0 Å². The van der Waals surface area contributed by atoms with Gasteiger partial charge in [-0.1, -0.05) is 164 Å². The molecule has 0 bridgehead atoms. The summed E-state index contributed by atoms with van der Waals surface area (Å²) in [6.45, 7) is 0.